The molecule has 0 aliphatic heterocycles. The Morgan fingerprint density at radius 3 is 2.24 bits per heavy atom. The van der Waals surface area contributed by atoms with E-state index in [1.54, 1.807) is 19.1 Å². The zero-order valence-electron chi connectivity index (χ0n) is 13.8. The lowest BCUT2D eigenvalue weighted by molar-refractivity contribution is -0.117. The van der Waals surface area contributed by atoms with Crippen molar-refractivity contribution in [3.63, 3.8) is 0 Å². The monoisotopic (exact) mass is 373 g/mol. The van der Waals surface area contributed by atoms with Crippen LogP contribution < -0.4 is 10.6 Å². The molecule has 0 saturated carbocycles. The van der Waals surface area contributed by atoms with Gasteiger partial charge in [-0.25, -0.2) is 13.6 Å². The summed E-state index contributed by atoms with van der Waals surface area (Å²) >= 11 is 5.75. The molecule has 0 heterocycles. The molecule has 1 atom stereocenters. The Morgan fingerprint density at radius 2 is 1.80 bits per heavy atom. The topological polar surface area (TPSA) is 91.3 Å². The lowest BCUT2D eigenvalue weighted by Gasteiger charge is -2.17. The molecule has 0 spiro atoms. The molecule has 1 rings (SSSR count). The second-order valence-corrected chi connectivity index (χ2v) is 5.34. The first-order valence-electron chi connectivity index (χ1n) is 7.16. The van der Waals surface area contributed by atoms with Gasteiger partial charge in [-0.15, -0.1) is 0 Å². The van der Waals surface area contributed by atoms with Crippen LogP contribution in [-0.2, 0) is 9.53 Å². The number of nitrogens with one attached hydrogen (secondary N) is 3. The average molecular weight is 374 g/mol. The van der Waals surface area contributed by atoms with E-state index in [9.17, 15) is 18.4 Å². The van der Waals surface area contributed by atoms with Crippen molar-refractivity contribution in [2.24, 2.45) is 0 Å². The molecule has 0 aliphatic carbocycles. The first kappa shape index (κ1) is 20.6. The molecule has 136 valence electrons. The van der Waals surface area contributed by atoms with Crippen LogP contribution in [-0.4, -0.2) is 38.2 Å². The number of carbonyl (C=O) groups excluding carboxylic acids is 2. The fraction of sp³-hybridized carbons (Fsp3) is 0.312. The van der Waals surface area contributed by atoms with Crippen LogP contribution in [0.2, 0.25) is 0 Å². The highest BCUT2D eigenvalue weighted by Gasteiger charge is 2.26. The summed E-state index contributed by atoms with van der Waals surface area (Å²) in [5.74, 6) is -1.41. The Labute approximate surface area is 148 Å². The van der Waals surface area contributed by atoms with E-state index in [-0.39, 0.29) is 5.16 Å². The van der Waals surface area contributed by atoms with Crippen molar-refractivity contribution in [3.05, 3.63) is 46.1 Å². The maximum atomic E-state index is 12.8. The predicted molar refractivity (Wildman–Crippen MR) is 90.0 cm³/mol. The summed E-state index contributed by atoms with van der Waals surface area (Å²) in [7, 11) is 2.61. The third-order valence-corrected chi connectivity index (χ3v) is 3.71. The van der Waals surface area contributed by atoms with Crippen LogP contribution in [0.4, 0.5) is 8.78 Å². The normalized spacial score (nSPS) is 12.9. The summed E-state index contributed by atoms with van der Waals surface area (Å²) < 4.78 is 30.2. The number of amides is 1. The van der Waals surface area contributed by atoms with E-state index >= 15 is 0 Å². The fourth-order valence-corrected chi connectivity index (χ4v) is 2.14. The molecule has 9 heteroatoms. The number of halogens is 3. The first-order chi connectivity index (χ1) is 11.7. The smallest absolute Gasteiger partial charge is 0.337 e. The molecule has 3 N–H and O–H groups in total. The van der Waals surface area contributed by atoms with Crippen molar-refractivity contribution in [2.45, 2.75) is 19.4 Å². The summed E-state index contributed by atoms with van der Waals surface area (Å²) in [6.45, 7) is 1.63. The van der Waals surface area contributed by atoms with E-state index in [4.69, 9.17) is 17.0 Å². The number of rotatable bonds is 7. The minimum absolute atomic E-state index is 0.336. The van der Waals surface area contributed by atoms with Crippen LogP contribution in [0.25, 0.3) is 0 Å². The molecule has 0 radical (unpaired) electrons. The van der Waals surface area contributed by atoms with Gasteiger partial charge in [0.05, 0.1) is 18.7 Å². The van der Waals surface area contributed by atoms with Crippen LogP contribution in [0.5, 0.6) is 0 Å². The predicted octanol–water partition coefficient (Wildman–Crippen LogP) is 2.61. The molecule has 1 unspecified atom stereocenters. The summed E-state index contributed by atoms with van der Waals surface area (Å²) in [6, 6.07) is 5.66. The van der Waals surface area contributed by atoms with Gasteiger partial charge in [-0.05, 0) is 24.6 Å². The number of benzene rings is 1. The summed E-state index contributed by atoms with van der Waals surface area (Å²) in [6.07, 6.45) is -3.14. The molecule has 6 nitrogen and oxygen atoms in total. The van der Waals surface area contributed by atoms with E-state index in [2.05, 4.69) is 15.4 Å². The Balaban J connectivity index is 2.97. The Morgan fingerprint density at radius 1 is 1.24 bits per heavy atom. The molecular weight excluding hydrogens is 356 g/mol. The minimum Gasteiger partial charge on any atom is -0.465 e. The third kappa shape index (κ3) is 5.25. The quantitative estimate of drug-likeness (QED) is 0.296. The molecule has 0 aliphatic rings. The van der Waals surface area contributed by atoms with Gasteiger partial charge < -0.3 is 15.4 Å². The molecule has 0 bridgehead atoms. The van der Waals surface area contributed by atoms with Crippen molar-refractivity contribution in [1.29, 1.82) is 5.41 Å². The van der Waals surface area contributed by atoms with Gasteiger partial charge in [0.2, 0.25) is 0 Å². The van der Waals surface area contributed by atoms with Crippen molar-refractivity contribution < 1.29 is 23.1 Å². The lowest BCUT2D eigenvalue weighted by Crippen LogP contribution is -2.34. The highest BCUT2D eigenvalue weighted by Crippen LogP contribution is 2.18. The largest absolute Gasteiger partial charge is 0.465 e. The van der Waals surface area contributed by atoms with E-state index < -0.39 is 35.6 Å². The molecule has 0 fully saturated rings. The molecule has 0 saturated heterocycles. The SMILES string of the molecule is CN/C(Cl)=C(\C(=N)C(F)F)C(=O)NC(C)c1ccc(C(=O)OC)cc1. The van der Waals surface area contributed by atoms with Gasteiger partial charge in [-0.3, -0.25) is 10.2 Å². The summed E-state index contributed by atoms with van der Waals surface area (Å²) in [4.78, 5) is 23.6. The Kier molecular flexibility index (Phi) is 7.50. The highest BCUT2D eigenvalue weighted by molar-refractivity contribution is 6.37. The molecule has 0 aromatic heterocycles. The van der Waals surface area contributed by atoms with Crippen LogP contribution >= 0.6 is 11.6 Å². The standard InChI is InChI=1S/C16H18ClF2N3O3/c1-8(9-4-6-10(7-5-9)16(24)25-3)22-15(23)11(13(17)21-2)12(20)14(18)19/h4-8,14,20-21H,1-3H3,(H,22,23)/b13-11+,20-12?. The van der Waals surface area contributed by atoms with Gasteiger partial charge in [-0.1, -0.05) is 23.7 Å². The van der Waals surface area contributed by atoms with Gasteiger partial charge in [0, 0.05) is 7.05 Å². The van der Waals surface area contributed by atoms with Crippen LogP contribution in [0.1, 0.15) is 28.9 Å². The lowest BCUT2D eigenvalue weighted by atomic mass is 10.0. The zero-order chi connectivity index (χ0) is 19.1. The van der Waals surface area contributed by atoms with Crippen molar-refractivity contribution in [3.8, 4) is 0 Å². The Hall–Kier alpha value is -2.48. The number of hydrogen-bond donors (Lipinski definition) is 3. The molecule has 1 aromatic carbocycles. The number of carbonyl (C=O) groups is 2. The zero-order valence-corrected chi connectivity index (χ0v) is 14.6. The van der Waals surface area contributed by atoms with Gasteiger partial charge in [-0.2, -0.15) is 0 Å². The minimum atomic E-state index is -3.14. The number of alkyl halides is 2. The van der Waals surface area contributed by atoms with Crippen molar-refractivity contribution in [2.75, 3.05) is 14.2 Å². The fourth-order valence-electron chi connectivity index (χ4n) is 1.95. The number of esters is 1. The van der Waals surface area contributed by atoms with E-state index in [0.29, 0.717) is 11.1 Å². The summed E-state index contributed by atoms with van der Waals surface area (Å²) in [5, 5.41) is 11.9. The number of methoxy groups -OCH3 is 1. The molecule has 25 heavy (non-hydrogen) atoms. The van der Waals surface area contributed by atoms with Crippen LogP contribution in [0.3, 0.4) is 0 Å². The van der Waals surface area contributed by atoms with Crippen LogP contribution in [0, 0.1) is 5.41 Å². The average Bonchev–Trinajstić information content (AvgIpc) is 2.60. The van der Waals surface area contributed by atoms with Gasteiger partial charge >= 0.3 is 5.97 Å². The van der Waals surface area contributed by atoms with Crippen LogP contribution in [0.15, 0.2) is 35.0 Å². The third-order valence-electron chi connectivity index (χ3n) is 3.33. The first-order valence-corrected chi connectivity index (χ1v) is 7.54. The molecular formula is C16H18ClF2N3O3. The number of ether oxygens (including phenoxy) is 1. The van der Waals surface area contributed by atoms with E-state index in [1.165, 1.54) is 26.3 Å². The number of hydrogen-bond acceptors (Lipinski definition) is 5. The van der Waals surface area contributed by atoms with Gasteiger partial charge in [0.25, 0.3) is 12.3 Å². The van der Waals surface area contributed by atoms with E-state index in [1.807, 2.05) is 0 Å². The molecule has 1 amide bonds. The van der Waals surface area contributed by atoms with Crippen molar-refractivity contribution in [1.82, 2.24) is 10.6 Å². The maximum Gasteiger partial charge on any atom is 0.337 e. The van der Waals surface area contributed by atoms with Gasteiger partial charge in [0.15, 0.2) is 0 Å². The Bertz CT molecular complexity index is 690. The van der Waals surface area contributed by atoms with E-state index in [0.717, 1.165) is 0 Å². The maximum absolute atomic E-state index is 12.8. The highest BCUT2D eigenvalue weighted by atomic mass is 35.5. The summed E-state index contributed by atoms with van der Waals surface area (Å²) in [5.41, 5.74) is -0.838. The van der Waals surface area contributed by atoms with Gasteiger partial charge in [0.1, 0.15) is 16.4 Å². The second kappa shape index (κ2) is 9.12. The van der Waals surface area contributed by atoms with Crippen molar-refractivity contribution >= 4 is 29.2 Å². The second-order valence-electron chi connectivity index (χ2n) is 4.96. The molecule has 1 aromatic rings.